The van der Waals surface area contributed by atoms with Gasteiger partial charge in [0.05, 0.1) is 34.0 Å². The van der Waals surface area contributed by atoms with Crippen molar-refractivity contribution < 1.29 is 19.1 Å². The number of aromatic nitrogens is 3. The zero-order valence-corrected chi connectivity index (χ0v) is 24.6. The summed E-state index contributed by atoms with van der Waals surface area (Å²) in [5.74, 6) is -0.175. The van der Waals surface area contributed by atoms with Crippen LogP contribution in [0.3, 0.4) is 0 Å². The predicted molar refractivity (Wildman–Crippen MR) is 158 cm³/mol. The van der Waals surface area contributed by atoms with Crippen LogP contribution in [0.25, 0.3) is 0 Å². The molecule has 0 unspecified atom stereocenters. The van der Waals surface area contributed by atoms with Crippen LogP contribution in [-0.2, 0) is 16.1 Å². The van der Waals surface area contributed by atoms with Gasteiger partial charge in [-0.05, 0) is 56.5 Å². The van der Waals surface area contributed by atoms with Crippen molar-refractivity contribution >= 4 is 46.8 Å². The van der Waals surface area contributed by atoms with Crippen LogP contribution in [-0.4, -0.2) is 44.4 Å². The molecule has 1 heterocycles. The molecule has 212 valence electrons. The van der Waals surface area contributed by atoms with Crippen LogP contribution in [0.5, 0.6) is 0 Å². The van der Waals surface area contributed by atoms with Gasteiger partial charge in [-0.25, -0.2) is 4.79 Å². The molecule has 0 radical (unpaired) electrons. The van der Waals surface area contributed by atoms with Gasteiger partial charge in [-0.2, -0.15) is 0 Å². The lowest BCUT2D eigenvalue weighted by Gasteiger charge is -2.21. The van der Waals surface area contributed by atoms with Gasteiger partial charge in [-0.1, -0.05) is 61.5 Å². The molecule has 3 aromatic rings. The number of benzene rings is 2. The first-order chi connectivity index (χ1) is 19.1. The van der Waals surface area contributed by atoms with Gasteiger partial charge in [0.15, 0.2) is 11.0 Å². The number of hydrogen-bond acceptors (Lipinski definition) is 7. The maximum absolute atomic E-state index is 13.1. The lowest BCUT2D eigenvalue weighted by molar-refractivity contribution is -0.113. The number of nitrogens with zero attached hydrogens (tertiary/aromatic N) is 3. The third-order valence-corrected chi connectivity index (χ3v) is 6.85. The summed E-state index contributed by atoms with van der Waals surface area (Å²) in [4.78, 5) is 38.0. The maximum Gasteiger partial charge on any atom is 0.338 e. The molecule has 2 N–H and O–H groups in total. The highest BCUT2D eigenvalue weighted by Crippen LogP contribution is 2.26. The maximum atomic E-state index is 13.1. The number of rotatable bonds is 13. The third-order valence-electron chi connectivity index (χ3n) is 5.56. The summed E-state index contributed by atoms with van der Waals surface area (Å²) in [5, 5.41) is 15.4. The van der Waals surface area contributed by atoms with Crippen LogP contribution in [0.4, 0.5) is 5.69 Å². The first-order valence-electron chi connectivity index (χ1n) is 12.9. The highest BCUT2D eigenvalue weighted by atomic mass is 35.5. The molecule has 0 aliphatic carbocycles. The summed E-state index contributed by atoms with van der Waals surface area (Å²) in [6.45, 7) is 11.9. The van der Waals surface area contributed by atoms with E-state index in [2.05, 4.69) is 41.3 Å². The Morgan fingerprint density at radius 2 is 1.85 bits per heavy atom. The molecular weight excluding hydrogens is 550 g/mol. The van der Waals surface area contributed by atoms with Gasteiger partial charge in [-0.15, -0.1) is 16.8 Å². The number of carbonyl (C=O) groups excluding carboxylic acids is 3. The number of esters is 1. The van der Waals surface area contributed by atoms with E-state index in [0.29, 0.717) is 45.8 Å². The van der Waals surface area contributed by atoms with Crippen LogP contribution >= 0.6 is 23.4 Å². The number of ether oxygens (including phenoxy) is 1. The van der Waals surface area contributed by atoms with Gasteiger partial charge >= 0.3 is 5.97 Å². The van der Waals surface area contributed by atoms with Crippen LogP contribution in [0.1, 0.15) is 66.7 Å². The van der Waals surface area contributed by atoms with Crippen LogP contribution in [0.2, 0.25) is 5.02 Å². The molecule has 3 rings (SSSR count). The average molecular weight is 584 g/mol. The van der Waals surface area contributed by atoms with Gasteiger partial charge in [0.25, 0.3) is 5.91 Å². The molecule has 0 saturated carbocycles. The average Bonchev–Trinajstić information content (AvgIpc) is 3.29. The van der Waals surface area contributed by atoms with Crippen LogP contribution < -0.4 is 10.6 Å². The number of halogens is 1. The number of allylic oxidation sites excluding steroid dienone is 1. The van der Waals surface area contributed by atoms with E-state index in [9.17, 15) is 14.4 Å². The summed E-state index contributed by atoms with van der Waals surface area (Å²) < 4.78 is 7.06. The minimum absolute atomic E-state index is 0.0524. The second-order valence-corrected chi connectivity index (χ2v) is 11.1. The zero-order chi connectivity index (χ0) is 29.2. The molecule has 40 heavy (non-hydrogen) atoms. The summed E-state index contributed by atoms with van der Waals surface area (Å²) in [7, 11) is 0. The highest BCUT2D eigenvalue weighted by Gasteiger charge is 2.25. The fraction of sp³-hybridized carbons (Fsp3) is 0.345. The van der Waals surface area contributed by atoms with E-state index in [1.54, 1.807) is 68.5 Å². The van der Waals surface area contributed by atoms with Crippen molar-refractivity contribution in [3.63, 3.8) is 0 Å². The minimum atomic E-state index is -0.455. The van der Waals surface area contributed by atoms with Crippen molar-refractivity contribution in [3.05, 3.63) is 83.2 Å². The van der Waals surface area contributed by atoms with Gasteiger partial charge in [-0.3, -0.25) is 9.59 Å². The Labute approximate surface area is 243 Å². The number of thioether (sulfide) groups is 1. The van der Waals surface area contributed by atoms with E-state index in [-0.39, 0.29) is 29.6 Å². The molecule has 0 bridgehead atoms. The summed E-state index contributed by atoms with van der Waals surface area (Å²) in [5.41, 5.74) is 1.21. The van der Waals surface area contributed by atoms with Gasteiger partial charge in [0.1, 0.15) is 0 Å². The molecule has 0 spiro atoms. The summed E-state index contributed by atoms with van der Waals surface area (Å²) >= 11 is 7.45. The normalized spacial score (nSPS) is 11.8. The predicted octanol–water partition coefficient (Wildman–Crippen LogP) is 5.93. The molecule has 0 saturated heterocycles. The number of amides is 2. The molecule has 2 amide bonds. The second kappa shape index (κ2) is 14.7. The molecule has 0 fully saturated rings. The Hall–Kier alpha value is -3.63. The Kier molecular flexibility index (Phi) is 11.3. The van der Waals surface area contributed by atoms with Crippen molar-refractivity contribution in [2.75, 3.05) is 11.1 Å². The molecule has 2 aromatic carbocycles. The van der Waals surface area contributed by atoms with Crippen LogP contribution in [0, 0.1) is 5.92 Å². The Morgan fingerprint density at radius 3 is 2.52 bits per heavy atom. The Balaban J connectivity index is 1.74. The monoisotopic (exact) mass is 583 g/mol. The van der Waals surface area contributed by atoms with E-state index < -0.39 is 12.0 Å². The lowest BCUT2D eigenvalue weighted by Crippen LogP contribution is -2.32. The van der Waals surface area contributed by atoms with Gasteiger partial charge < -0.3 is 19.9 Å². The van der Waals surface area contributed by atoms with E-state index in [4.69, 9.17) is 16.3 Å². The molecule has 11 heteroatoms. The molecular formula is C29H34ClN5O4S. The van der Waals surface area contributed by atoms with E-state index in [1.807, 2.05) is 4.57 Å². The highest BCUT2D eigenvalue weighted by molar-refractivity contribution is 7.99. The quantitative estimate of drug-likeness (QED) is 0.145. The summed E-state index contributed by atoms with van der Waals surface area (Å²) in [6.07, 6.45) is 2.08. The van der Waals surface area contributed by atoms with Crippen molar-refractivity contribution in [1.82, 2.24) is 20.1 Å². The lowest BCUT2D eigenvalue weighted by atomic mass is 10.0. The third kappa shape index (κ3) is 8.69. The van der Waals surface area contributed by atoms with Gasteiger partial charge in [0, 0.05) is 12.2 Å². The fourth-order valence-corrected chi connectivity index (χ4v) is 4.86. The topological polar surface area (TPSA) is 115 Å². The number of hydrogen-bond donors (Lipinski definition) is 2. The Morgan fingerprint density at radius 1 is 1.10 bits per heavy atom. The second-order valence-electron chi connectivity index (χ2n) is 9.75. The molecule has 0 aliphatic heterocycles. The van der Waals surface area contributed by atoms with Crippen molar-refractivity contribution in [1.29, 1.82) is 0 Å². The fourth-order valence-electron chi connectivity index (χ4n) is 3.88. The first kappa shape index (κ1) is 30.9. The minimum Gasteiger partial charge on any atom is -0.459 e. The molecule has 1 aromatic heterocycles. The number of anilines is 1. The van der Waals surface area contributed by atoms with Crippen molar-refractivity contribution in [2.45, 2.75) is 58.0 Å². The van der Waals surface area contributed by atoms with E-state index in [0.717, 1.165) is 0 Å². The zero-order valence-electron chi connectivity index (χ0n) is 23.0. The standard InChI is InChI=1S/C29H34ClN5O4S/c1-6-14-35-26(24(15-18(2)3)32-27(37)22-12-7-8-13-23(22)30)33-34-29(35)40-17-25(36)31-21-11-9-10-20(16-21)28(38)39-19(4)5/h6-13,16,18-19,24H,1,14-15,17H2,2-5H3,(H,31,36)(H,32,37)/t24-/m1/s1. The molecule has 9 nitrogen and oxygen atoms in total. The van der Waals surface area contributed by atoms with Crippen molar-refractivity contribution in [3.8, 4) is 0 Å². The SMILES string of the molecule is C=CCn1c(SCC(=O)Nc2cccc(C(=O)OC(C)C)c2)nnc1[C@@H](CC(C)C)NC(=O)c1ccccc1Cl. The van der Waals surface area contributed by atoms with E-state index >= 15 is 0 Å². The van der Waals surface area contributed by atoms with Crippen LogP contribution in [0.15, 0.2) is 66.3 Å². The first-order valence-corrected chi connectivity index (χ1v) is 14.3. The number of nitrogens with one attached hydrogen (secondary N) is 2. The van der Waals surface area contributed by atoms with Gasteiger partial charge in [0.2, 0.25) is 5.91 Å². The molecule has 0 aliphatic rings. The summed E-state index contributed by atoms with van der Waals surface area (Å²) in [6, 6.07) is 13.0. The molecule has 1 atom stereocenters. The Bertz CT molecular complexity index is 1360. The largest absolute Gasteiger partial charge is 0.459 e. The van der Waals surface area contributed by atoms with Crippen molar-refractivity contribution in [2.24, 2.45) is 5.92 Å². The number of carbonyl (C=O) groups is 3. The van der Waals surface area contributed by atoms with E-state index in [1.165, 1.54) is 11.8 Å². The smallest absolute Gasteiger partial charge is 0.338 e.